The van der Waals surface area contributed by atoms with Crippen LogP contribution in [-0.2, 0) is 0 Å². The first-order chi connectivity index (χ1) is 8.56. The number of rotatable bonds is 7. The van der Waals surface area contributed by atoms with Gasteiger partial charge in [-0.05, 0) is 12.6 Å². The molecule has 1 rings (SSSR count). The minimum Gasteiger partial charge on any atom is -0.485 e. The highest BCUT2D eigenvalue weighted by atomic mass is 35.5. The second-order valence-corrected chi connectivity index (χ2v) is 4.48. The van der Waals surface area contributed by atoms with Crippen LogP contribution >= 0.6 is 11.6 Å². The first-order valence-electron chi connectivity index (χ1n) is 5.82. The number of nitrogens with zero attached hydrogens (tertiary/aromatic N) is 1. The lowest BCUT2D eigenvalue weighted by Gasteiger charge is -2.14. The summed E-state index contributed by atoms with van der Waals surface area (Å²) in [5.74, 6) is 0.397. The van der Waals surface area contributed by atoms with Crippen LogP contribution in [0.1, 0.15) is 13.8 Å². The average molecular weight is 273 g/mol. The topological polar surface area (TPSA) is 64.4 Å². The average Bonchev–Trinajstić information content (AvgIpc) is 2.34. The summed E-state index contributed by atoms with van der Waals surface area (Å²) in [6, 6.07) is 4.50. The van der Waals surface area contributed by atoms with Crippen LogP contribution in [0.3, 0.4) is 0 Å². The molecule has 1 unspecified atom stereocenters. The third-order valence-electron chi connectivity index (χ3n) is 2.40. The Morgan fingerprint density at radius 1 is 1.56 bits per heavy atom. The van der Waals surface area contributed by atoms with E-state index in [1.54, 1.807) is 6.07 Å². The van der Waals surface area contributed by atoms with Crippen molar-refractivity contribution in [2.45, 2.75) is 13.8 Å². The molecule has 100 valence electrons. The van der Waals surface area contributed by atoms with Crippen molar-refractivity contribution in [2.24, 2.45) is 5.92 Å². The molecule has 1 N–H and O–H groups in total. The molecule has 0 aliphatic rings. The number of benzene rings is 1. The second kappa shape index (κ2) is 7.18. The van der Waals surface area contributed by atoms with Crippen molar-refractivity contribution in [3.05, 3.63) is 33.3 Å². The second-order valence-electron chi connectivity index (χ2n) is 4.07. The summed E-state index contributed by atoms with van der Waals surface area (Å²) in [7, 11) is 0. The summed E-state index contributed by atoms with van der Waals surface area (Å²) in [5.41, 5.74) is -0.0989. The third kappa shape index (κ3) is 4.16. The van der Waals surface area contributed by atoms with Gasteiger partial charge < -0.3 is 10.1 Å². The van der Waals surface area contributed by atoms with Gasteiger partial charge in [0.25, 0.3) is 0 Å². The molecule has 0 heterocycles. The molecule has 1 aromatic rings. The minimum absolute atomic E-state index is 0.0989. The highest BCUT2D eigenvalue weighted by Gasteiger charge is 2.18. The molecule has 0 fully saturated rings. The zero-order valence-corrected chi connectivity index (χ0v) is 11.2. The molecule has 18 heavy (non-hydrogen) atoms. The molecule has 0 amide bonds. The quantitative estimate of drug-likeness (QED) is 0.612. The van der Waals surface area contributed by atoms with Gasteiger partial charge >= 0.3 is 5.69 Å². The van der Waals surface area contributed by atoms with Crippen LogP contribution in [0, 0.1) is 16.0 Å². The van der Waals surface area contributed by atoms with Gasteiger partial charge in [-0.1, -0.05) is 31.5 Å². The van der Waals surface area contributed by atoms with Crippen molar-refractivity contribution in [1.82, 2.24) is 5.32 Å². The lowest BCUT2D eigenvalue weighted by Crippen LogP contribution is -2.24. The number of nitrogens with one attached hydrogen (secondary N) is 1. The molecule has 0 saturated heterocycles. The Morgan fingerprint density at radius 2 is 2.28 bits per heavy atom. The predicted molar refractivity (Wildman–Crippen MR) is 71.3 cm³/mol. The Hall–Kier alpha value is -1.33. The summed E-state index contributed by atoms with van der Waals surface area (Å²) in [4.78, 5) is 10.4. The van der Waals surface area contributed by atoms with E-state index in [9.17, 15) is 10.1 Å². The first-order valence-corrected chi connectivity index (χ1v) is 6.20. The molecule has 6 heteroatoms. The maximum absolute atomic E-state index is 10.8. The molecular weight excluding hydrogens is 256 g/mol. The fraction of sp³-hybridized carbons (Fsp3) is 0.500. The van der Waals surface area contributed by atoms with Crippen LogP contribution in [0.25, 0.3) is 0 Å². The van der Waals surface area contributed by atoms with Crippen LogP contribution in [-0.4, -0.2) is 24.6 Å². The minimum atomic E-state index is -0.490. The van der Waals surface area contributed by atoms with Gasteiger partial charge in [-0.15, -0.1) is 0 Å². The van der Waals surface area contributed by atoms with Gasteiger partial charge in [0.1, 0.15) is 0 Å². The first kappa shape index (κ1) is 14.7. The Morgan fingerprint density at radius 3 is 2.89 bits per heavy atom. The molecule has 0 bridgehead atoms. The molecule has 0 saturated carbocycles. The van der Waals surface area contributed by atoms with Crippen LogP contribution < -0.4 is 10.1 Å². The van der Waals surface area contributed by atoms with E-state index in [0.717, 1.165) is 13.1 Å². The number of para-hydroxylation sites is 1. The maximum atomic E-state index is 10.8. The number of nitro groups is 1. The number of hydrogen-bond donors (Lipinski definition) is 1. The van der Waals surface area contributed by atoms with E-state index < -0.39 is 4.92 Å². The maximum Gasteiger partial charge on any atom is 0.312 e. The SMILES string of the molecule is CCNCC(C)COc1c(Cl)cccc1[N+](=O)[O-]. The normalized spacial score (nSPS) is 12.2. The zero-order valence-electron chi connectivity index (χ0n) is 10.5. The van der Waals surface area contributed by atoms with Gasteiger partial charge in [0.15, 0.2) is 0 Å². The Bertz CT molecular complexity index is 412. The van der Waals surface area contributed by atoms with Crippen molar-refractivity contribution >= 4 is 17.3 Å². The molecule has 0 radical (unpaired) electrons. The molecule has 0 aliphatic heterocycles. The van der Waals surface area contributed by atoms with Crippen LogP contribution in [0.4, 0.5) is 5.69 Å². The number of hydrogen-bond acceptors (Lipinski definition) is 4. The number of ether oxygens (including phenoxy) is 1. The van der Waals surface area contributed by atoms with E-state index in [2.05, 4.69) is 5.32 Å². The summed E-state index contributed by atoms with van der Waals surface area (Å²) in [5, 5.41) is 14.3. The van der Waals surface area contributed by atoms with Gasteiger partial charge in [-0.2, -0.15) is 0 Å². The largest absolute Gasteiger partial charge is 0.485 e. The smallest absolute Gasteiger partial charge is 0.312 e. The van der Waals surface area contributed by atoms with Crippen molar-refractivity contribution in [3.63, 3.8) is 0 Å². The molecule has 1 atom stereocenters. The van der Waals surface area contributed by atoms with E-state index in [4.69, 9.17) is 16.3 Å². The van der Waals surface area contributed by atoms with Gasteiger partial charge in [0, 0.05) is 18.5 Å². The van der Waals surface area contributed by atoms with E-state index >= 15 is 0 Å². The van der Waals surface area contributed by atoms with Gasteiger partial charge in [0.2, 0.25) is 5.75 Å². The molecule has 5 nitrogen and oxygen atoms in total. The lowest BCUT2D eigenvalue weighted by molar-refractivity contribution is -0.385. The lowest BCUT2D eigenvalue weighted by atomic mass is 10.2. The van der Waals surface area contributed by atoms with Crippen molar-refractivity contribution in [3.8, 4) is 5.75 Å². The fourth-order valence-electron chi connectivity index (χ4n) is 1.46. The predicted octanol–water partition coefficient (Wildman–Crippen LogP) is 2.87. The van der Waals surface area contributed by atoms with Crippen molar-refractivity contribution in [1.29, 1.82) is 0 Å². The summed E-state index contributed by atoms with van der Waals surface area (Å²) in [6.45, 7) is 6.10. The van der Waals surface area contributed by atoms with E-state index in [1.807, 2.05) is 13.8 Å². The standard InChI is InChI=1S/C12H17ClN2O3/c1-3-14-7-9(2)8-18-12-10(13)5-4-6-11(12)15(16)17/h4-6,9,14H,3,7-8H2,1-2H3. The van der Waals surface area contributed by atoms with Crippen LogP contribution in [0.5, 0.6) is 5.75 Å². The third-order valence-corrected chi connectivity index (χ3v) is 2.70. The summed E-state index contributed by atoms with van der Waals surface area (Å²) >= 11 is 5.92. The Kier molecular flexibility index (Phi) is 5.88. The zero-order chi connectivity index (χ0) is 13.5. The van der Waals surface area contributed by atoms with Crippen molar-refractivity contribution < 1.29 is 9.66 Å². The molecule has 0 aromatic heterocycles. The molecule has 0 aliphatic carbocycles. The Balaban J connectivity index is 2.69. The fourth-order valence-corrected chi connectivity index (χ4v) is 1.68. The summed E-state index contributed by atoms with van der Waals surface area (Å²) < 4.78 is 5.47. The van der Waals surface area contributed by atoms with E-state index in [0.29, 0.717) is 6.61 Å². The van der Waals surface area contributed by atoms with Crippen LogP contribution in [0.15, 0.2) is 18.2 Å². The van der Waals surface area contributed by atoms with E-state index in [-0.39, 0.29) is 22.4 Å². The van der Waals surface area contributed by atoms with Gasteiger partial charge in [0.05, 0.1) is 16.6 Å². The highest BCUT2D eigenvalue weighted by molar-refractivity contribution is 6.32. The molecule has 0 spiro atoms. The van der Waals surface area contributed by atoms with Gasteiger partial charge in [-0.25, -0.2) is 0 Å². The molecular formula is C12H17ClN2O3. The summed E-state index contributed by atoms with van der Waals surface area (Å²) in [6.07, 6.45) is 0. The Labute approximate surface area is 111 Å². The van der Waals surface area contributed by atoms with Gasteiger partial charge in [-0.3, -0.25) is 10.1 Å². The van der Waals surface area contributed by atoms with Crippen molar-refractivity contribution in [2.75, 3.05) is 19.7 Å². The molecule has 1 aromatic carbocycles. The number of nitro benzene ring substituents is 1. The highest BCUT2D eigenvalue weighted by Crippen LogP contribution is 2.34. The monoisotopic (exact) mass is 272 g/mol. The van der Waals surface area contributed by atoms with Crippen LogP contribution in [0.2, 0.25) is 5.02 Å². The number of halogens is 1. The van der Waals surface area contributed by atoms with E-state index in [1.165, 1.54) is 12.1 Å².